The van der Waals surface area contributed by atoms with E-state index in [1.54, 1.807) is 23.1 Å². The summed E-state index contributed by atoms with van der Waals surface area (Å²) in [5.41, 5.74) is -1.07. The number of aryl methyl sites for hydroxylation is 2. The van der Waals surface area contributed by atoms with E-state index >= 15 is 0 Å². The third-order valence-corrected chi connectivity index (χ3v) is 2.26. The molecule has 0 atom stereocenters. The van der Waals surface area contributed by atoms with Crippen molar-refractivity contribution in [1.82, 2.24) is 19.6 Å². The van der Waals surface area contributed by atoms with Crippen LogP contribution in [0.4, 0.5) is 5.69 Å². The highest BCUT2D eigenvalue weighted by Crippen LogP contribution is 2.16. The van der Waals surface area contributed by atoms with Gasteiger partial charge in [0.2, 0.25) is 5.69 Å². The van der Waals surface area contributed by atoms with E-state index in [1.807, 2.05) is 0 Å². The molecule has 2 aromatic heterocycles. The second-order valence-corrected chi connectivity index (χ2v) is 3.46. The van der Waals surface area contributed by atoms with Gasteiger partial charge in [-0.15, -0.1) is 0 Å². The highest BCUT2D eigenvalue weighted by atomic mass is 16.6. The van der Waals surface area contributed by atoms with Gasteiger partial charge in [0.05, 0.1) is 18.0 Å². The predicted molar refractivity (Wildman–Crippen MR) is 58.1 cm³/mol. The average molecular weight is 251 g/mol. The monoisotopic (exact) mass is 251 g/mol. The Morgan fingerprint density at radius 2 is 2.17 bits per heavy atom. The molecule has 2 rings (SSSR count). The lowest BCUT2D eigenvalue weighted by molar-refractivity contribution is -0.385. The highest BCUT2D eigenvalue weighted by Gasteiger charge is 2.24. The van der Waals surface area contributed by atoms with Crippen molar-refractivity contribution in [3.63, 3.8) is 0 Å². The fraction of sp³-hybridized carbons (Fsp3) is 0.222. The predicted octanol–water partition coefficient (Wildman–Crippen LogP) is 0.386. The number of aromatic carboxylic acids is 1. The van der Waals surface area contributed by atoms with Gasteiger partial charge in [0.15, 0.2) is 0 Å². The molecule has 0 saturated carbocycles. The number of carboxylic acid groups (broad SMARTS) is 1. The molecular weight excluding hydrogens is 242 g/mol. The van der Waals surface area contributed by atoms with Crippen molar-refractivity contribution in [2.45, 2.75) is 13.1 Å². The first-order valence-electron chi connectivity index (χ1n) is 5.00. The van der Waals surface area contributed by atoms with Crippen molar-refractivity contribution < 1.29 is 14.8 Å². The zero-order valence-corrected chi connectivity index (χ0v) is 9.13. The van der Waals surface area contributed by atoms with Crippen LogP contribution in [0.2, 0.25) is 0 Å². The highest BCUT2D eigenvalue weighted by molar-refractivity contribution is 5.89. The number of nitrogens with zero attached hydrogens (tertiary/aromatic N) is 5. The third-order valence-electron chi connectivity index (χ3n) is 2.26. The lowest BCUT2D eigenvalue weighted by atomic mass is 10.4. The van der Waals surface area contributed by atoms with Gasteiger partial charge in [0, 0.05) is 12.4 Å². The summed E-state index contributed by atoms with van der Waals surface area (Å²) in [4.78, 5) is 20.7. The van der Waals surface area contributed by atoms with Crippen molar-refractivity contribution in [2.75, 3.05) is 0 Å². The number of nitro groups is 1. The van der Waals surface area contributed by atoms with Crippen LogP contribution >= 0.6 is 0 Å². The first-order valence-corrected chi connectivity index (χ1v) is 5.00. The van der Waals surface area contributed by atoms with Gasteiger partial charge in [-0.1, -0.05) is 0 Å². The van der Waals surface area contributed by atoms with Crippen LogP contribution in [0.3, 0.4) is 0 Å². The largest absolute Gasteiger partial charge is 0.476 e. The molecule has 18 heavy (non-hydrogen) atoms. The summed E-state index contributed by atoms with van der Waals surface area (Å²) in [6, 6.07) is 1.74. The molecule has 0 aromatic carbocycles. The van der Waals surface area contributed by atoms with Crippen LogP contribution in [0, 0.1) is 10.1 Å². The summed E-state index contributed by atoms with van der Waals surface area (Å²) in [6.07, 6.45) is 4.44. The summed E-state index contributed by atoms with van der Waals surface area (Å²) < 4.78 is 2.84. The fourth-order valence-electron chi connectivity index (χ4n) is 1.45. The van der Waals surface area contributed by atoms with Gasteiger partial charge in [-0.3, -0.25) is 19.5 Å². The molecule has 0 aliphatic heterocycles. The Morgan fingerprint density at radius 3 is 2.67 bits per heavy atom. The summed E-state index contributed by atoms with van der Waals surface area (Å²) >= 11 is 0. The number of hydrogen-bond acceptors (Lipinski definition) is 5. The molecule has 0 spiro atoms. The van der Waals surface area contributed by atoms with Gasteiger partial charge in [0.1, 0.15) is 6.20 Å². The van der Waals surface area contributed by atoms with E-state index in [9.17, 15) is 14.9 Å². The average Bonchev–Trinajstić information content (AvgIpc) is 2.95. The number of carbonyl (C=O) groups is 1. The van der Waals surface area contributed by atoms with Crippen molar-refractivity contribution in [3.05, 3.63) is 40.5 Å². The molecule has 2 heterocycles. The Hall–Kier alpha value is -2.71. The molecule has 0 radical (unpaired) electrons. The molecule has 1 N–H and O–H groups in total. The fourth-order valence-corrected chi connectivity index (χ4v) is 1.45. The Kier molecular flexibility index (Phi) is 3.04. The lowest BCUT2D eigenvalue weighted by Crippen LogP contribution is -2.09. The smallest absolute Gasteiger partial charge is 0.363 e. The molecule has 0 unspecified atom stereocenters. The quantitative estimate of drug-likeness (QED) is 0.606. The van der Waals surface area contributed by atoms with Crippen molar-refractivity contribution >= 4 is 11.7 Å². The maximum atomic E-state index is 10.8. The van der Waals surface area contributed by atoms with Gasteiger partial charge in [-0.05, 0) is 6.07 Å². The molecule has 9 nitrogen and oxygen atoms in total. The van der Waals surface area contributed by atoms with E-state index in [-0.39, 0.29) is 0 Å². The standard InChI is InChI=1S/C9H9N5O4/c15-9(16)8-7(14(17)18)6-13(11-8)5-4-12-3-1-2-10-12/h1-3,6H,4-5H2,(H,15,16). The minimum absolute atomic E-state index is 0.301. The number of aromatic nitrogens is 4. The van der Waals surface area contributed by atoms with E-state index in [1.165, 1.54) is 4.68 Å². The second-order valence-electron chi connectivity index (χ2n) is 3.46. The molecule has 0 aliphatic carbocycles. The molecule has 94 valence electrons. The zero-order valence-electron chi connectivity index (χ0n) is 9.13. The normalized spacial score (nSPS) is 10.4. The topological polar surface area (TPSA) is 116 Å². The molecular formula is C9H9N5O4. The number of carboxylic acids is 1. The Balaban J connectivity index is 2.16. The van der Waals surface area contributed by atoms with Crippen LogP contribution < -0.4 is 0 Å². The minimum atomic E-state index is -1.42. The first-order chi connectivity index (χ1) is 8.58. The second kappa shape index (κ2) is 4.65. The molecule has 0 fully saturated rings. The molecule has 0 saturated heterocycles. The SMILES string of the molecule is O=C(O)c1nn(CCn2cccn2)cc1[N+](=O)[O-]. The van der Waals surface area contributed by atoms with Crippen molar-refractivity contribution in [1.29, 1.82) is 0 Å². The maximum Gasteiger partial charge on any atom is 0.363 e. The Morgan fingerprint density at radius 1 is 1.44 bits per heavy atom. The van der Waals surface area contributed by atoms with Crippen LogP contribution in [0.1, 0.15) is 10.5 Å². The molecule has 0 amide bonds. The number of rotatable bonds is 5. The summed E-state index contributed by atoms with van der Waals surface area (Å²) in [5.74, 6) is -1.42. The maximum absolute atomic E-state index is 10.8. The van der Waals surface area contributed by atoms with Crippen LogP contribution in [0.5, 0.6) is 0 Å². The molecule has 9 heteroatoms. The zero-order chi connectivity index (χ0) is 13.1. The van der Waals surface area contributed by atoms with E-state index in [4.69, 9.17) is 5.11 Å². The van der Waals surface area contributed by atoms with Crippen molar-refractivity contribution in [3.8, 4) is 0 Å². The van der Waals surface area contributed by atoms with Crippen LogP contribution in [-0.4, -0.2) is 35.6 Å². The Bertz CT molecular complexity index is 542. The third kappa shape index (κ3) is 2.34. The number of hydrogen-bond donors (Lipinski definition) is 1. The first kappa shape index (κ1) is 11.8. The molecule has 2 aromatic rings. The minimum Gasteiger partial charge on any atom is -0.476 e. The van der Waals surface area contributed by atoms with E-state index in [0.29, 0.717) is 13.1 Å². The van der Waals surface area contributed by atoms with E-state index < -0.39 is 22.3 Å². The van der Waals surface area contributed by atoms with E-state index in [2.05, 4.69) is 10.2 Å². The summed E-state index contributed by atoms with van der Waals surface area (Å²) in [7, 11) is 0. The summed E-state index contributed by atoms with van der Waals surface area (Å²) in [5, 5.41) is 27.0. The van der Waals surface area contributed by atoms with Gasteiger partial charge >= 0.3 is 11.7 Å². The van der Waals surface area contributed by atoms with Crippen LogP contribution in [0.25, 0.3) is 0 Å². The molecule has 0 bridgehead atoms. The van der Waals surface area contributed by atoms with Gasteiger partial charge < -0.3 is 5.11 Å². The lowest BCUT2D eigenvalue weighted by Gasteiger charge is -2.00. The van der Waals surface area contributed by atoms with Gasteiger partial charge in [0.25, 0.3) is 0 Å². The van der Waals surface area contributed by atoms with Crippen LogP contribution in [-0.2, 0) is 13.1 Å². The van der Waals surface area contributed by atoms with Gasteiger partial charge in [-0.25, -0.2) is 4.79 Å². The van der Waals surface area contributed by atoms with Gasteiger partial charge in [-0.2, -0.15) is 10.2 Å². The van der Waals surface area contributed by atoms with E-state index in [0.717, 1.165) is 6.20 Å². The van der Waals surface area contributed by atoms with Crippen molar-refractivity contribution in [2.24, 2.45) is 0 Å². The summed E-state index contributed by atoms with van der Waals surface area (Å²) in [6.45, 7) is 0.751. The Labute approximate surface area is 100 Å². The molecule has 0 aliphatic rings. The van der Waals surface area contributed by atoms with Crippen LogP contribution in [0.15, 0.2) is 24.7 Å².